The maximum absolute atomic E-state index is 12.2. The zero-order valence-corrected chi connectivity index (χ0v) is 14.9. The average Bonchev–Trinajstić information content (AvgIpc) is 3.15. The van der Waals surface area contributed by atoms with Gasteiger partial charge in [0.05, 0.1) is 12.3 Å². The van der Waals surface area contributed by atoms with Gasteiger partial charge in [0.2, 0.25) is 5.91 Å². The number of nitrogens with one attached hydrogen (secondary N) is 1. The van der Waals surface area contributed by atoms with Crippen molar-refractivity contribution in [1.82, 2.24) is 10.3 Å². The molecule has 0 bridgehead atoms. The molecule has 134 valence electrons. The Hall–Kier alpha value is -2.14. The maximum Gasteiger partial charge on any atom is 0.220 e. The van der Waals surface area contributed by atoms with E-state index in [9.17, 15) is 4.79 Å². The Labute approximate surface area is 148 Å². The second kappa shape index (κ2) is 8.30. The number of oxazole rings is 1. The molecular weight excluding hydrogens is 316 g/mol. The van der Waals surface area contributed by atoms with E-state index in [0.717, 1.165) is 36.3 Å². The van der Waals surface area contributed by atoms with Crippen molar-refractivity contribution in [3.63, 3.8) is 0 Å². The number of hydrogen-bond donors (Lipinski definition) is 1. The van der Waals surface area contributed by atoms with Crippen LogP contribution in [0.5, 0.6) is 0 Å². The van der Waals surface area contributed by atoms with Crippen molar-refractivity contribution >= 4 is 5.91 Å². The van der Waals surface area contributed by atoms with Crippen molar-refractivity contribution in [2.24, 2.45) is 11.8 Å². The lowest BCUT2D eigenvalue weighted by molar-refractivity contribution is -0.123. The number of carbonyl (C=O) groups excluding carboxylic acids is 1. The molecule has 0 aliphatic carbocycles. The van der Waals surface area contributed by atoms with Crippen LogP contribution in [-0.2, 0) is 16.1 Å². The fraction of sp³-hybridized carbons (Fsp3) is 0.500. The number of hydrogen-bond acceptors (Lipinski definition) is 4. The second-order valence-electron chi connectivity index (χ2n) is 7.09. The molecule has 5 heteroatoms. The van der Waals surface area contributed by atoms with Gasteiger partial charge in [-0.25, -0.2) is 4.98 Å². The van der Waals surface area contributed by atoms with E-state index in [-0.39, 0.29) is 12.0 Å². The van der Waals surface area contributed by atoms with E-state index in [2.05, 4.69) is 24.1 Å². The predicted molar refractivity (Wildman–Crippen MR) is 95.7 cm³/mol. The molecule has 0 spiro atoms. The van der Waals surface area contributed by atoms with Crippen LogP contribution in [0.2, 0.25) is 0 Å². The van der Waals surface area contributed by atoms with E-state index in [4.69, 9.17) is 9.15 Å². The lowest BCUT2D eigenvalue weighted by atomic mass is 9.88. The molecular formula is C20H26N2O3. The molecule has 0 radical (unpaired) electrons. The van der Waals surface area contributed by atoms with Crippen molar-refractivity contribution in [3.05, 3.63) is 42.4 Å². The third-order valence-electron chi connectivity index (χ3n) is 4.80. The number of benzene rings is 1. The van der Waals surface area contributed by atoms with Crippen LogP contribution in [0.15, 0.2) is 41.3 Å². The molecule has 0 saturated carbocycles. The van der Waals surface area contributed by atoms with Crippen molar-refractivity contribution in [3.8, 4) is 11.3 Å². The minimum Gasteiger partial charge on any atom is -0.444 e. The van der Waals surface area contributed by atoms with E-state index in [1.54, 1.807) is 6.20 Å². The molecule has 1 aliphatic rings. The third kappa shape index (κ3) is 4.92. The molecule has 25 heavy (non-hydrogen) atoms. The fourth-order valence-corrected chi connectivity index (χ4v) is 3.23. The van der Waals surface area contributed by atoms with Crippen molar-refractivity contribution in [2.45, 2.75) is 45.8 Å². The Morgan fingerprint density at radius 3 is 2.80 bits per heavy atom. The minimum atomic E-state index is 0.119. The van der Waals surface area contributed by atoms with E-state index < -0.39 is 0 Å². The second-order valence-corrected chi connectivity index (χ2v) is 7.09. The van der Waals surface area contributed by atoms with Gasteiger partial charge in [-0.1, -0.05) is 38.1 Å². The molecule has 1 saturated heterocycles. The molecule has 1 fully saturated rings. The molecule has 2 atom stereocenters. The van der Waals surface area contributed by atoms with Crippen LogP contribution in [0, 0.1) is 11.8 Å². The van der Waals surface area contributed by atoms with Crippen LogP contribution in [0.1, 0.15) is 38.7 Å². The fourth-order valence-electron chi connectivity index (χ4n) is 3.23. The van der Waals surface area contributed by atoms with Gasteiger partial charge >= 0.3 is 0 Å². The summed E-state index contributed by atoms with van der Waals surface area (Å²) >= 11 is 0. The quantitative estimate of drug-likeness (QED) is 0.867. The highest BCUT2D eigenvalue weighted by Crippen LogP contribution is 2.27. The molecule has 2 heterocycles. The molecule has 1 N–H and O–H groups in total. The van der Waals surface area contributed by atoms with Crippen LogP contribution >= 0.6 is 0 Å². The minimum absolute atomic E-state index is 0.119. The first-order chi connectivity index (χ1) is 12.1. The number of aromatic nitrogens is 1. The number of ether oxygens (including phenoxy) is 1. The van der Waals surface area contributed by atoms with E-state index >= 15 is 0 Å². The molecule has 2 aromatic rings. The molecule has 1 aromatic carbocycles. The van der Waals surface area contributed by atoms with Gasteiger partial charge in [-0.3, -0.25) is 4.79 Å². The molecule has 5 nitrogen and oxygen atoms in total. The number of carbonyl (C=O) groups is 1. The van der Waals surface area contributed by atoms with Gasteiger partial charge in [-0.05, 0) is 30.2 Å². The Bertz CT molecular complexity index is 665. The molecule has 2 unspecified atom stereocenters. The van der Waals surface area contributed by atoms with E-state index in [1.807, 2.05) is 24.3 Å². The van der Waals surface area contributed by atoms with Crippen LogP contribution in [0.3, 0.4) is 0 Å². The topological polar surface area (TPSA) is 64.4 Å². The number of nitrogens with zero attached hydrogens (tertiary/aromatic N) is 1. The van der Waals surface area contributed by atoms with Crippen molar-refractivity contribution in [2.75, 3.05) is 6.61 Å². The first kappa shape index (κ1) is 17.7. The third-order valence-corrected chi connectivity index (χ3v) is 4.80. The molecule has 1 aromatic heterocycles. The van der Waals surface area contributed by atoms with Gasteiger partial charge in [-0.15, -0.1) is 0 Å². The zero-order chi connectivity index (χ0) is 17.6. The van der Waals surface area contributed by atoms with Gasteiger partial charge in [-0.2, -0.15) is 0 Å². The summed E-state index contributed by atoms with van der Waals surface area (Å²) in [5.41, 5.74) is 2.05. The van der Waals surface area contributed by atoms with Crippen LogP contribution in [-0.4, -0.2) is 23.6 Å². The normalized spacial score (nSPS) is 20.6. The lowest BCUT2D eigenvalue weighted by Gasteiger charge is -2.31. The summed E-state index contributed by atoms with van der Waals surface area (Å²) in [4.78, 5) is 16.2. The highest BCUT2D eigenvalue weighted by atomic mass is 16.5. The van der Waals surface area contributed by atoms with E-state index in [1.165, 1.54) is 6.39 Å². The lowest BCUT2D eigenvalue weighted by Crippen LogP contribution is -2.33. The summed E-state index contributed by atoms with van der Waals surface area (Å²) in [5, 5.41) is 3.03. The zero-order valence-electron chi connectivity index (χ0n) is 14.9. The molecule has 3 rings (SSSR count). The monoisotopic (exact) mass is 342 g/mol. The SMILES string of the molecule is CC(C)C1CC(CC(=O)NCc2ccc(-c3cnco3)cc2)CCO1. The Morgan fingerprint density at radius 1 is 1.32 bits per heavy atom. The van der Waals surface area contributed by atoms with Gasteiger partial charge in [0, 0.05) is 25.1 Å². The van der Waals surface area contributed by atoms with Crippen molar-refractivity contribution in [1.29, 1.82) is 0 Å². The van der Waals surface area contributed by atoms with Gasteiger partial charge in [0.1, 0.15) is 0 Å². The summed E-state index contributed by atoms with van der Waals surface area (Å²) in [6.45, 7) is 5.67. The Kier molecular flexibility index (Phi) is 5.87. The summed E-state index contributed by atoms with van der Waals surface area (Å²) in [6, 6.07) is 7.96. The first-order valence-electron chi connectivity index (χ1n) is 8.98. The smallest absolute Gasteiger partial charge is 0.220 e. The van der Waals surface area contributed by atoms with Crippen LogP contribution < -0.4 is 5.32 Å². The van der Waals surface area contributed by atoms with E-state index in [0.29, 0.717) is 24.8 Å². The average molecular weight is 342 g/mol. The number of amides is 1. The van der Waals surface area contributed by atoms with Crippen LogP contribution in [0.25, 0.3) is 11.3 Å². The van der Waals surface area contributed by atoms with Crippen LogP contribution in [0.4, 0.5) is 0 Å². The highest BCUT2D eigenvalue weighted by molar-refractivity contribution is 5.76. The standard InChI is InChI=1S/C20H26N2O3/c1-14(2)18-9-16(7-8-24-18)10-20(23)22-11-15-3-5-17(6-4-15)19-12-21-13-25-19/h3-6,12-14,16,18H,7-11H2,1-2H3,(H,22,23). The molecule has 1 amide bonds. The summed E-state index contributed by atoms with van der Waals surface area (Å²) in [7, 11) is 0. The van der Waals surface area contributed by atoms with Gasteiger partial charge < -0.3 is 14.5 Å². The van der Waals surface area contributed by atoms with Crippen molar-refractivity contribution < 1.29 is 13.9 Å². The Morgan fingerprint density at radius 2 is 2.12 bits per heavy atom. The van der Waals surface area contributed by atoms with Gasteiger partial charge in [0.25, 0.3) is 0 Å². The molecule has 1 aliphatic heterocycles. The summed E-state index contributed by atoms with van der Waals surface area (Å²) < 4.78 is 11.1. The van der Waals surface area contributed by atoms with Gasteiger partial charge in [0.15, 0.2) is 12.2 Å². The highest BCUT2D eigenvalue weighted by Gasteiger charge is 2.26. The summed E-state index contributed by atoms with van der Waals surface area (Å²) in [6.07, 6.45) is 5.94. The predicted octanol–water partition coefficient (Wildman–Crippen LogP) is 3.80. The Balaban J connectivity index is 1.46. The summed E-state index contributed by atoms with van der Waals surface area (Å²) in [5.74, 6) is 1.80. The maximum atomic E-state index is 12.2. The largest absolute Gasteiger partial charge is 0.444 e. The first-order valence-corrected chi connectivity index (χ1v) is 8.98. The number of rotatable bonds is 6.